The van der Waals surface area contributed by atoms with Gasteiger partial charge in [-0.3, -0.25) is 4.99 Å². The van der Waals surface area contributed by atoms with Crippen LogP contribution < -0.4 is 5.32 Å². The van der Waals surface area contributed by atoms with E-state index < -0.39 is 9.84 Å². The van der Waals surface area contributed by atoms with Gasteiger partial charge in [-0.05, 0) is 23.8 Å². The van der Waals surface area contributed by atoms with Crippen LogP contribution in [0.25, 0.3) is 0 Å². The lowest BCUT2D eigenvalue weighted by Crippen LogP contribution is -2.12. The third-order valence-electron chi connectivity index (χ3n) is 4.12. The minimum atomic E-state index is -3.05. The number of nitrogens with one attached hydrogen (secondary N) is 1. The number of aliphatic imine (C=N–C) groups is 1. The molecule has 142 valence electrons. The summed E-state index contributed by atoms with van der Waals surface area (Å²) in [6, 6.07) is 9.62. The van der Waals surface area contributed by atoms with E-state index in [1.165, 1.54) is 6.26 Å². The Bertz CT molecular complexity index is 1020. The molecule has 3 rings (SSSR count). The zero-order chi connectivity index (χ0) is 19.4. The first-order chi connectivity index (χ1) is 12.9. The van der Waals surface area contributed by atoms with Gasteiger partial charge in [-0.1, -0.05) is 33.2 Å². The summed E-state index contributed by atoms with van der Waals surface area (Å²) in [7, 11) is -3.05. The molecule has 0 saturated heterocycles. The summed E-state index contributed by atoms with van der Waals surface area (Å²) in [4.78, 5) is 8.63. The van der Waals surface area contributed by atoms with Crippen molar-refractivity contribution in [1.29, 1.82) is 0 Å². The molecule has 7 nitrogen and oxygen atoms in total. The molecule has 2 aromatic rings. The summed E-state index contributed by atoms with van der Waals surface area (Å²) in [5, 5.41) is 16.2. The minimum Gasteiger partial charge on any atom is -0.411 e. The van der Waals surface area contributed by atoms with Crippen molar-refractivity contribution in [3.05, 3.63) is 57.7 Å². The highest BCUT2D eigenvalue weighted by Crippen LogP contribution is 2.26. The number of oxime groups is 1. The molecular weight excluding hydrogens is 432 g/mol. The average Bonchev–Trinajstić information content (AvgIpc) is 3.01. The predicted octanol–water partition coefficient (Wildman–Crippen LogP) is 2.68. The molecule has 1 aromatic carbocycles. The van der Waals surface area contributed by atoms with E-state index in [1.807, 2.05) is 30.3 Å². The van der Waals surface area contributed by atoms with Crippen molar-refractivity contribution in [3.8, 4) is 0 Å². The summed E-state index contributed by atoms with van der Waals surface area (Å²) in [5.41, 5.74) is 3.23. The van der Waals surface area contributed by atoms with Gasteiger partial charge in [0.2, 0.25) is 0 Å². The van der Waals surface area contributed by atoms with Crippen LogP contribution in [-0.2, 0) is 22.7 Å². The molecule has 0 aliphatic carbocycles. The number of aromatic nitrogens is 1. The van der Waals surface area contributed by atoms with Gasteiger partial charge in [-0.2, -0.15) is 0 Å². The molecule has 0 unspecified atom stereocenters. The predicted molar refractivity (Wildman–Crippen MR) is 110 cm³/mol. The highest BCUT2D eigenvalue weighted by molar-refractivity contribution is 9.10. The van der Waals surface area contributed by atoms with Crippen molar-refractivity contribution in [2.75, 3.05) is 23.9 Å². The van der Waals surface area contributed by atoms with E-state index in [0.717, 1.165) is 21.2 Å². The van der Waals surface area contributed by atoms with Gasteiger partial charge in [-0.25, -0.2) is 13.4 Å². The van der Waals surface area contributed by atoms with Gasteiger partial charge in [0.1, 0.15) is 21.5 Å². The van der Waals surface area contributed by atoms with E-state index in [4.69, 9.17) is 0 Å². The number of amidine groups is 1. The average molecular weight is 451 g/mol. The SMILES string of the molecule is CS(=O)(=O)CCN=C1Cc2c(/C(Cc3cccc(Br)c3)=N/O)ccnc2N1. The van der Waals surface area contributed by atoms with E-state index in [2.05, 4.69) is 36.4 Å². The number of benzene rings is 1. The van der Waals surface area contributed by atoms with Crippen molar-refractivity contribution in [2.24, 2.45) is 10.1 Å². The molecular formula is C18H19BrN4O3S. The Kier molecular flexibility index (Phi) is 5.91. The number of fused-ring (bicyclic) bond motifs is 1. The van der Waals surface area contributed by atoms with Gasteiger partial charge in [-0.15, -0.1) is 0 Å². The maximum atomic E-state index is 11.3. The van der Waals surface area contributed by atoms with Crippen LogP contribution >= 0.6 is 15.9 Å². The number of rotatable bonds is 6. The number of pyridine rings is 1. The quantitative estimate of drug-likeness (QED) is 0.399. The van der Waals surface area contributed by atoms with Gasteiger partial charge in [0.05, 0.1) is 18.0 Å². The number of anilines is 1. The lowest BCUT2D eigenvalue weighted by Gasteiger charge is -2.09. The lowest BCUT2D eigenvalue weighted by atomic mass is 9.98. The molecule has 0 bridgehead atoms. The molecule has 0 amide bonds. The summed E-state index contributed by atoms with van der Waals surface area (Å²) < 4.78 is 23.5. The Labute approximate surface area is 166 Å². The van der Waals surface area contributed by atoms with E-state index in [1.54, 1.807) is 6.20 Å². The molecule has 0 atom stereocenters. The summed E-state index contributed by atoms with van der Waals surface area (Å²) >= 11 is 3.44. The van der Waals surface area contributed by atoms with Crippen molar-refractivity contribution < 1.29 is 13.6 Å². The van der Waals surface area contributed by atoms with Gasteiger partial charge in [0, 0.05) is 40.9 Å². The second-order valence-electron chi connectivity index (χ2n) is 6.30. The van der Waals surface area contributed by atoms with Crippen LogP contribution in [-0.4, -0.2) is 48.7 Å². The molecule has 0 spiro atoms. The maximum Gasteiger partial charge on any atom is 0.149 e. The van der Waals surface area contributed by atoms with Crippen molar-refractivity contribution in [3.63, 3.8) is 0 Å². The van der Waals surface area contributed by atoms with Crippen LogP contribution in [0.5, 0.6) is 0 Å². The number of hydrogen-bond acceptors (Lipinski definition) is 6. The molecule has 2 heterocycles. The first kappa shape index (κ1) is 19.5. The van der Waals surface area contributed by atoms with Crippen LogP contribution in [0.3, 0.4) is 0 Å². The normalized spacial score (nSPS) is 15.6. The van der Waals surface area contributed by atoms with Crippen molar-refractivity contribution in [2.45, 2.75) is 12.8 Å². The first-order valence-corrected chi connectivity index (χ1v) is 11.1. The summed E-state index contributed by atoms with van der Waals surface area (Å²) in [5.74, 6) is 1.32. The first-order valence-electron chi connectivity index (χ1n) is 8.27. The van der Waals surface area contributed by atoms with Crippen molar-refractivity contribution in [1.82, 2.24) is 4.98 Å². The largest absolute Gasteiger partial charge is 0.411 e. The van der Waals surface area contributed by atoms with Gasteiger partial charge in [0.25, 0.3) is 0 Å². The van der Waals surface area contributed by atoms with E-state index >= 15 is 0 Å². The summed E-state index contributed by atoms with van der Waals surface area (Å²) in [6.07, 6.45) is 3.79. The number of halogens is 1. The Hall–Kier alpha value is -2.26. The Morgan fingerprint density at radius 1 is 1.37 bits per heavy atom. The Morgan fingerprint density at radius 2 is 2.19 bits per heavy atom. The van der Waals surface area contributed by atoms with E-state index in [0.29, 0.717) is 30.2 Å². The molecule has 2 N–H and O–H groups in total. The van der Waals surface area contributed by atoms with Gasteiger partial charge in [0.15, 0.2) is 0 Å². The molecule has 0 fully saturated rings. The molecule has 27 heavy (non-hydrogen) atoms. The third kappa shape index (κ3) is 5.14. The lowest BCUT2D eigenvalue weighted by molar-refractivity contribution is 0.318. The van der Waals surface area contributed by atoms with Crippen LogP contribution in [0, 0.1) is 0 Å². The topological polar surface area (TPSA) is 104 Å². The Balaban J connectivity index is 1.81. The standard InChI is InChI=1S/C18H19BrN4O3S/c1-27(25,26)8-7-20-17-11-15-14(5-6-21-18(15)22-17)16(23-24)10-12-3-2-4-13(19)9-12/h2-6,9,24H,7-8,10-11H2,1H3,(H,20,21,22)/b23-16+. The van der Waals surface area contributed by atoms with Crippen LogP contribution in [0.4, 0.5) is 5.82 Å². The van der Waals surface area contributed by atoms with Crippen LogP contribution in [0.2, 0.25) is 0 Å². The van der Waals surface area contributed by atoms with E-state index in [9.17, 15) is 13.6 Å². The second kappa shape index (κ2) is 8.18. The van der Waals surface area contributed by atoms with E-state index in [-0.39, 0.29) is 12.3 Å². The molecule has 1 aliphatic heterocycles. The zero-order valence-corrected chi connectivity index (χ0v) is 17.1. The third-order valence-corrected chi connectivity index (χ3v) is 5.54. The number of hydrogen-bond donors (Lipinski definition) is 2. The molecule has 0 saturated carbocycles. The van der Waals surface area contributed by atoms with Crippen molar-refractivity contribution >= 4 is 43.1 Å². The fourth-order valence-corrected chi connectivity index (χ4v) is 3.73. The monoisotopic (exact) mass is 450 g/mol. The molecule has 9 heteroatoms. The molecule has 1 aliphatic rings. The smallest absolute Gasteiger partial charge is 0.149 e. The van der Waals surface area contributed by atoms with Crippen LogP contribution in [0.1, 0.15) is 16.7 Å². The minimum absolute atomic E-state index is 0.00104. The summed E-state index contributed by atoms with van der Waals surface area (Å²) in [6.45, 7) is 0.198. The highest BCUT2D eigenvalue weighted by atomic mass is 79.9. The molecule has 0 radical (unpaired) electrons. The maximum absolute atomic E-state index is 11.3. The van der Waals surface area contributed by atoms with Gasteiger partial charge >= 0.3 is 0 Å². The Morgan fingerprint density at radius 3 is 2.89 bits per heavy atom. The van der Waals surface area contributed by atoms with Crippen LogP contribution in [0.15, 0.2) is 51.1 Å². The van der Waals surface area contributed by atoms with Gasteiger partial charge < -0.3 is 10.5 Å². The molecule has 1 aromatic heterocycles. The highest BCUT2D eigenvalue weighted by Gasteiger charge is 2.23. The number of sulfone groups is 1. The number of nitrogens with zero attached hydrogens (tertiary/aromatic N) is 3. The fourth-order valence-electron chi connectivity index (χ4n) is 2.86. The fraction of sp³-hybridized carbons (Fsp3) is 0.278. The zero-order valence-electron chi connectivity index (χ0n) is 14.7. The second-order valence-corrected chi connectivity index (χ2v) is 9.47.